The summed E-state index contributed by atoms with van der Waals surface area (Å²) in [5, 5.41) is 4.02. The van der Waals surface area contributed by atoms with Crippen molar-refractivity contribution in [3.63, 3.8) is 0 Å². The largest absolute Gasteiger partial charge is 0.493 e. The minimum Gasteiger partial charge on any atom is -0.493 e. The molecule has 0 heterocycles. The lowest BCUT2D eigenvalue weighted by Crippen LogP contribution is -2.18. The molecule has 0 radical (unpaired) electrons. The van der Waals surface area contributed by atoms with Gasteiger partial charge in [0, 0.05) is 15.6 Å². The van der Waals surface area contributed by atoms with Crippen molar-refractivity contribution in [1.29, 1.82) is 0 Å². The third-order valence-corrected chi connectivity index (χ3v) is 7.85. The Morgan fingerprint density at radius 3 is 2.38 bits per heavy atom. The highest BCUT2D eigenvalue weighted by Crippen LogP contribution is 2.34. The van der Waals surface area contributed by atoms with Gasteiger partial charge in [-0.25, -0.2) is 5.43 Å². The molecule has 0 fully saturated rings. The summed E-state index contributed by atoms with van der Waals surface area (Å²) in [5.41, 5.74) is 4.94. The Morgan fingerprint density at radius 2 is 1.68 bits per heavy atom. The first kappa shape index (κ1) is 29.3. The van der Waals surface area contributed by atoms with Crippen LogP contribution in [0.3, 0.4) is 0 Å². The van der Waals surface area contributed by atoms with Crippen LogP contribution in [-0.4, -0.2) is 27.6 Å². The number of halogens is 2. The normalized spacial score (nSPS) is 11.3. The molecule has 40 heavy (non-hydrogen) atoms. The van der Waals surface area contributed by atoms with Gasteiger partial charge in [-0.1, -0.05) is 64.0 Å². The average Bonchev–Trinajstić information content (AvgIpc) is 2.94. The first-order valence-corrected chi connectivity index (χ1v) is 14.8. The summed E-state index contributed by atoms with van der Waals surface area (Å²) in [4.78, 5) is 12.8. The van der Waals surface area contributed by atoms with Crippen LogP contribution >= 0.6 is 31.9 Å². The van der Waals surface area contributed by atoms with E-state index in [2.05, 4.69) is 42.4 Å². The first-order valence-electron chi connectivity index (χ1n) is 11.8. The van der Waals surface area contributed by atoms with Crippen LogP contribution in [0.5, 0.6) is 17.2 Å². The zero-order chi connectivity index (χ0) is 28.7. The van der Waals surface area contributed by atoms with Crippen molar-refractivity contribution in [3.05, 3.63) is 116 Å². The van der Waals surface area contributed by atoms with E-state index >= 15 is 0 Å². The number of rotatable bonds is 10. The lowest BCUT2D eigenvalue weighted by molar-refractivity contribution is 0.0954. The smallest absolute Gasteiger partial charge is 0.339 e. The number of hydrazone groups is 1. The molecular weight excluding hydrogens is 664 g/mol. The second-order valence-electron chi connectivity index (χ2n) is 8.50. The monoisotopic (exact) mass is 686 g/mol. The highest BCUT2D eigenvalue weighted by Gasteiger charge is 2.21. The Hall–Kier alpha value is -3.67. The number of ether oxygens (including phenoxy) is 2. The maximum atomic E-state index is 12.9. The number of carbonyl (C=O) groups excluding carboxylic acids is 1. The van der Waals surface area contributed by atoms with E-state index in [0.29, 0.717) is 32.6 Å². The number of nitrogens with zero attached hydrogens (tertiary/aromatic N) is 1. The van der Waals surface area contributed by atoms with Crippen LogP contribution in [-0.2, 0) is 16.7 Å². The maximum absolute atomic E-state index is 12.9. The van der Waals surface area contributed by atoms with Crippen LogP contribution in [0.25, 0.3) is 0 Å². The molecular formula is C29H24Br2N2O6S. The maximum Gasteiger partial charge on any atom is 0.339 e. The van der Waals surface area contributed by atoms with Gasteiger partial charge in [0.25, 0.3) is 5.91 Å². The van der Waals surface area contributed by atoms with Crippen molar-refractivity contribution in [2.45, 2.75) is 18.4 Å². The molecule has 4 aromatic carbocycles. The van der Waals surface area contributed by atoms with Gasteiger partial charge in [-0.3, -0.25) is 4.79 Å². The quantitative estimate of drug-likeness (QED) is 0.114. The summed E-state index contributed by atoms with van der Waals surface area (Å²) >= 11 is 6.73. The van der Waals surface area contributed by atoms with Gasteiger partial charge in [0.15, 0.2) is 17.2 Å². The first-order chi connectivity index (χ1) is 19.2. The van der Waals surface area contributed by atoms with Crippen molar-refractivity contribution >= 4 is 54.1 Å². The van der Waals surface area contributed by atoms with E-state index in [9.17, 15) is 13.2 Å². The van der Waals surface area contributed by atoms with E-state index in [-0.39, 0.29) is 16.2 Å². The molecule has 0 bridgehead atoms. The zero-order valence-corrected chi connectivity index (χ0v) is 25.4. The molecule has 0 saturated heterocycles. The number of aryl methyl sites for hydroxylation is 1. The van der Waals surface area contributed by atoms with E-state index < -0.39 is 16.0 Å². The molecule has 0 spiro atoms. The molecule has 11 heteroatoms. The Kier molecular flexibility index (Phi) is 9.62. The minimum absolute atomic E-state index is 0.00857. The Balaban J connectivity index is 1.49. The summed E-state index contributed by atoms with van der Waals surface area (Å²) < 4.78 is 43.5. The number of methoxy groups -OCH3 is 1. The average molecular weight is 688 g/mol. The molecule has 0 aromatic heterocycles. The van der Waals surface area contributed by atoms with Gasteiger partial charge in [0.2, 0.25) is 0 Å². The lowest BCUT2D eigenvalue weighted by Gasteiger charge is -2.12. The van der Waals surface area contributed by atoms with Crippen LogP contribution in [0.15, 0.2) is 104 Å². The molecule has 206 valence electrons. The predicted octanol–water partition coefficient (Wildman–Crippen LogP) is 6.64. The van der Waals surface area contributed by atoms with Gasteiger partial charge in [0.1, 0.15) is 11.5 Å². The molecule has 1 amide bonds. The fourth-order valence-corrected chi connectivity index (χ4v) is 5.93. The van der Waals surface area contributed by atoms with Crippen LogP contribution in [0.4, 0.5) is 0 Å². The fraction of sp³-hybridized carbons (Fsp3) is 0.103. The molecule has 1 N–H and O–H groups in total. The molecule has 4 rings (SSSR count). The SMILES string of the molecule is COc1cc(C(=O)N/N=C/c2cc(Br)cc(Br)c2OS(=O)(=O)c2ccc(C)cc2)ccc1OCc1ccccc1. The second-order valence-corrected chi connectivity index (χ2v) is 11.8. The molecule has 0 aliphatic heterocycles. The van der Waals surface area contributed by atoms with Crippen molar-refractivity contribution in [2.75, 3.05) is 7.11 Å². The van der Waals surface area contributed by atoms with Crippen LogP contribution in [0.1, 0.15) is 27.0 Å². The molecule has 0 saturated carbocycles. The number of amides is 1. The Bertz CT molecular complexity index is 1640. The van der Waals surface area contributed by atoms with E-state index in [0.717, 1.165) is 11.1 Å². The van der Waals surface area contributed by atoms with E-state index in [1.54, 1.807) is 42.5 Å². The fourth-order valence-electron chi connectivity index (χ4n) is 3.52. The zero-order valence-electron chi connectivity index (χ0n) is 21.4. The van der Waals surface area contributed by atoms with Crippen molar-refractivity contribution < 1.29 is 26.9 Å². The van der Waals surface area contributed by atoms with E-state index in [4.69, 9.17) is 13.7 Å². The van der Waals surface area contributed by atoms with Gasteiger partial charge in [0.05, 0.1) is 17.8 Å². The van der Waals surface area contributed by atoms with Gasteiger partial charge >= 0.3 is 10.1 Å². The van der Waals surface area contributed by atoms with Crippen LogP contribution in [0.2, 0.25) is 0 Å². The molecule has 8 nitrogen and oxygen atoms in total. The number of hydrogen-bond donors (Lipinski definition) is 1. The van der Waals surface area contributed by atoms with Crippen molar-refractivity contribution in [2.24, 2.45) is 5.10 Å². The third-order valence-electron chi connectivity index (χ3n) is 5.57. The summed E-state index contributed by atoms with van der Waals surface area (Å²) in [5.74, 6) is 0.388. The molecule has 0 unspecified atom stereocenters. The number of nitrogens with one attached hydrogen (secondary N) is 1. The Morgan fingerprint density at radius 1 is 0.950 bits per heavy atom. The standard InChI is InChI=1S/C29H24Br2N2O6S/c1-19-8-11-24(12-9-19)40(35,36)39-28-22(14-23(30)16-25(28)31)17-32-33-29(34)21-10-13-26(27(15-21)37-2)38-18-20-6-4-3-5-7-20/h3-17H,18H2,1-2H3,(H,33,34)/b32-17+. The number of benzene rings is 4. The minimum atomic E-state index is -4.13. The van der Waals surface area contributed by atoms with Gasteiger partial charge in [-0.05, 0) is 70.9 Å². The van der Waals surface area contributed by atoms with E-state index in [1.165, 1.54) is 25.5 Å². The van der Waals surface area contributed by atoms with Crippen LogP contribution in [0, 0.1) is 6.92 Å². The summed E-state index contributed by atoms with van der Waals surface area (Å²) in [6, 6.07) is 24.0. The summed E-state index contributed by atoms with van der Waals surface area (Å²) in [6.45, 7) is 2.20. The van der Waals surface area contributed by atoms with Crippen molar-refractivity contribution in [3.8, 4) is 17.2 Å². The lowest BCUT2D eigenvalue weighted by atomic mass is 10.2. The van der Waals surface area contributed by atoms with Crippen molar-refractivity contribution in [1.82, 2.24) is 5.43 Å². The van der Waals surface area contributed by atoms with Gasteiger partial charge < -0.3 is 13.7 Å². The predicted molar refractivity (Wildman–Crippen MR) is 160 cm³/mol. The van der Waals surface area contributed by atoms with Gasteiger partial charge in [-0.15, -0.1) is 0 Å². The second kappa shape index (κ2) is 13.1. The highest BCUT2D eigenvalue weighted by molar-refractivity contribution is 9.11. The van der Waals surface area contributed by atoms with Gasteiger partial charge in [-0.2, -0.15) is 13.5 Å². The number of hydrogen-bond acceptors (Lipinski definition) is 7. The molecule has 4 aromatic rings. The molecule has 0 atom stereocenters. The summed E-state index contributed by atoms with van der Waals surface area (Å²) in [7, 11) is -2.64. The Labute approximate surface area is 249 Å². The number of carbonyl (C=O) groups is 1. The molecule has 0 aliphatic rings. The third kappa shape index (κ3) is 7.50. The molecule has 0 aliphatic carbocycles. The van der Waals surface area contributed by atoms with Crippen LogP contribution < -0.4 is 19.1 Å². The summed E-state index contributed by atoms with van der Waals surface area (Å²) in [6.07, 6.45) is 1.29. The highest BCUT2D eigenvalue weighted by atomic mass is 79.9. The van der Waals surface area contributed by atoms with E-state index in [1.807, 2.05) is 37.3 Å². The topological polar surface area (TPSA) is 103 Å².